The number of aryl methyl sites for hydroxylation is 1. The number of carbonyl (C=O) groups excluding carboxylic acids is 1. The van der Waals surface area contributed by atoms with Gasteiger partial charge in [0, 0.05) is 30.4 Å². The van der Waals surface area contributed by atoms with Crippen molar-refractivity contribution in [3.63, 3.8) is 0 Å². The van der Waals surface area contributed by atoms with E-state index in [4.69, 9.17) is 4.52 Å². The lowest BCUT2D eigenvalue weighted by atomic mass is 10.1. The summed E-state index contributed by atoms with van der Waals surface area (Å²) in [7, 11) is 0. The van der Waals surface area contributed by atoms with Crippen molar-refractivity contribution >= 4 is 29.2 Å². The van der Waals surface area contributed by atoms with Crippen LogP contribution in [0.3, 0.4) is 0 Å². The van der Waals surface area contributed by atoms with Crippen molar-refractivity contribution in [2.45, 2.75) is 31.2 Å². The van der Waals surface area contributed by atoms with Crippen molar-refractivity contribution in [3.05, 3.63) is 48.2 Å². The van der Waals surface area contributed by atoms with Gasteiger partial charge >= 0.3 is 0 Å². The van der Waals surface area contributed by atoms with Crippen molar-refractivity contribution in [2.24, 2.45) is 0 Å². The molecular weight excluding hydrogens is 386 g/mol. The van der Waals surface area contributed by atoms with Crippen LogP contribution in [0.1, 0.15) is 25.0 Å². The van der Waals surface area contributed by atoms with E-state index in [0.717, 1.165) is 24.3 Å². The number of nitrogens with zero attached hydrogens (tertiary/aromatic N) is 4. The molecule has 1 aliphatic rings. The highest BCUT2D eigenvalue weighted by Gasteiger charge is 2.11. The first kappa shape index (κ1) is 19.4. The number of nitrogens with one attached hydrogen (secondary N) is 1. The summed E-state index contributed by atoms with van der Waals surface area (Å²) < 4.78 is 4.93. The predicted molar refractivity (Wildman–Crippen MR) is 114 cm³/mol. The fourth-order valence-electron chi connectivity index (χ4n) is 3.29. The Labute approximate surface area is 173 Å². The minimum Gasteiger partial charge on any atom is -0.372 e. The molecule has 0 spiro atoms. The second-order valence-corrected chi connectivity index (χ2v) is 8.01. The molecule has 0 radical (unpaired) electrons. The summed E-state index contributed by atoms with van der Waals surface area (Å²) >= 11 is 1.33. The first-order valence-electron chi connectivity index (χ1n) is 9.72. The molecule has 8 heteroatoms. The monoisotopic (exact) mass is 409 g/mol. The van der Waals surface area contributed by atoms with Crippen LogP contribution in [0.5, 0.6) is 0 Å². The van der Waals surface area contributed by atoms with Gasteiger partial charge in [-0.2, -0.15) is 0 Å². The zero-order valence-electron chi connectivity index (χ0n) is 16.3. The molecule has 0 saturated carbocycles. The van der Waals surface area contributed by atoms with Gasteiger partial charge in [0.15, 0.2) is 5.82 Å². The third-order valence-corrected chi connectivity index (χ3v) is 5.69. The van der Waals surface area contributed by atoms with E-state index in [1.54, 1.807) is 13.0 Å². The van der Waals surface area contributed by atoms with E-state index in [1.165, 1.54) is 36.7 Å². The van der Waals surface area contributed by atoms with E-state index in [1.807, 2.05) is 12.1 Å². The number of aromatic nitrogens is 3. The van der Waals surface area contributed by atoms with Crippen LogP contribution in [-0.2, 0) is 4.79 Å². The minimum absolute atomic E-state index is 0.164. The van der Waals surface area contributed by atoms with E-state index in [0.29, 0.717) is 16.6 Å². The highest BCUT2D eigenvalue weighted by molar-refractivity contribution is 7.99. The molecular formula is C21H23N5O2S. The molecule has 4 rings (SSSR count). The van der Waals surface area contributed by atoms with E-state index in [2.05, 4.69) is 49.8 Å². The number of anilines is 2. The first-order chi connectivity index (χ1) is 14.2. The second-order valence-electron chi connectivity index (χ2n) is 7.01. The summed E-state index contributed by atoms with van der Waals surface area (Å²) in [4.78, 5) is 14.4. The highest BCUT2D eigenvalue weighted by atomic mass is 32.2. The molecule has 1 aliphatic heterocycles. The number of amides is 1. The topological polar surface area (TPSA) is 84.2 Å². The average molecular weight is 410 g/mol. The van der Waals surface area contributed by atoms with E-state index < -0.39 is 0 Å². The zero-order valence-corrected chi connectivity index (χ0v) is 17.1. The van der Waals surface area contributed by atoms with Crippen molar-refractivity contribution < 1.29 is 9.32 Å². The SMILES string of the molecule is Cc1cc(NC(=O)CSc2ccc(-c3ccc(N4CCCCC4)cc3)nn2)no1. The Balaban J connectivity index is 1.32. The van der Waals surface area contributed by atoms with Crippen molar-refractivity contribution in [1.29, 1.82) is 0 Å². The summed E-state index contributed by atoms with van der Waals surface area (Å²) in [5, 5.41) is 15.7. The third kappa shape index (κ3) is 5.14. The first-order valence-corrected chi connectivity index (χ1v) is 10.7. The van der Waals surface area contributed by atoms with Crippen LogP contribution in [0, 0.1) is 6.92 Å². The predicted octanol–water partition coefficient (Wildman–Crippen LogP) is 4.16. The lowest BCUT2D eigenvalue weighted by molar-refractivity contribution is -0.113. The van der Waals surface area contributed by atoms with Gasteiger partial charge in [-0.15, -0.1) is 10.2 Å². The van der Waals surface area contributed by atoms with Crippen molar-refractivity contribution in [1.82, 2.24) is 15.4 Å². The fraction of sp³-hybridized carbons (Fsp3) is 0.333. The lowest BCUT2D eigenvalue weighted by Gasteiger charge is -2.28. The van der Waals surface area contributed by atoms with E-state index in [9.17, 15) is 4.79 Å². The van der Waals surface area contributed by atoms with Crippen LogP contribution in [0.4, 0.5) is 11.5 Å². The summed E-state index contributed by atoms with van der Waals surface area (Å²) in [5.41, 5.74) is 3.12. The Bertz CT molecular complexity index is 950. The summed E-state index contributed by atoms with van der Waals surface area (Å²) in [5.74, 6) is 1.13. The Kier molecular flexibility index (Phi) is 6.09. The zero-order chi connectivity index (χ0) is 20.1. The fourth-order valence-corrected chi connectivity index (χ4v) is 3.90. The molecule has 3 heterocycles. The molecule has 0 atom stereocenters. The molecule has 0 aliphatic carbocycles. The quantitative estimate of drug-likeness (QED) is 0.612. The third-order valence-electron chi connectivity index (χ3n) is 4.77. The summed E-state index contributed by atoms with van der Waals surface area (Å²) in [6.07, 6.45) is 3.86. The van der Waals surface area contributed by atoms with Gasteiger partial charge in [0.2, 0.25) is 5.91 Å². The molecule has 3 aromatic rings. The molecule has 1 amide bonds. The normalized spacial score (nSPS) is 14.0. The largest absolute Gasteiger partial charge is 0.372 e. The molecule has 150 valence electrons. The Hall–Kier alpha value is -2.87. The van der Waals surface area contributed by atoms with Gasteiger partial charge in [-0.05, 0) is 50.5 Å². The molecule has 29 heavy (non-hydrogen) atoms. The molecule has 0 unspecified atom stereocenters. The van der Waals surface area contributed by atoms with Crippen LogP contribution in [0.15, 0.2) is 52.0 Å². The lowest BCUT2D eigenvalue weighted by Crippen LogP contribution is -2.29. The molecule has 2 aromatic heterocycles. The number of hydrogen-bond donors (Lipinski definition) is 1. The second kappa shape index (κ2) is 9.09. The van der Waals surface area contributed by atoms with E-state index in [-0.39, 0.29) is 11.7 Å². The highest BCUT2D eigenvalue weighted by Crippen LogP contribution is 2.25. The minimum atomic E-state index is -0.164. The number of rotatable bonds is 6. The van der Waals surface area contributed by atoms with Gasteiger partial charge < -0.3 is 14.7 Å². The van der Waals surface area contributed by atoms with Crippen LogP contribution in [0.25, 0.3) is 11.3 Å². The molecule has 1 fully saturated rings. The molecule has 1 N–H and O–H groups in total. The Morgan fingerprint density at radius 3 is 2.55 bits per heavy atom. The van der Waals surface area contributed by atoms with Crippen molar-refractivity contribution in [2.75, 3.05) is 29.1 Å². The number of hydrogen-bond acceptors (Lipinski definition) is 7. The summed E-state index contributed by atoms with van der Waals surface area (Å²) in [6, 6.07) is 14.0. The molecule has 1 aromatic carbocycles. The maximum absolute atomic E-state index is 12.0. The molecule has 0 bridgehead atoms. The van der Waals surface area contributed by atoms with Crippen LogP contribution in [0.2, 0.25) is 0 Å². The van der Waals surface area contributed by atoms with Crippen LogP contribution < -0.4 is 10.2 Å². The van der Waals surface area contributed by atoms with Crippen LogP contribution in [-0.4, -0.2) is 40.1 Å². The van der Waals surface area contributed by atoms with E-state index >= 15 is 0 Å². The van der Waals surface area contributed by atoms with Gasteiger partial charge in [-0.1, -0.05) is 29.1 Å². The van der Waals surface area contributed by atoms with Gasteiger partial charge in [-0.25, -0.2) is 0 Å². The maximum atomic E-state index is 12.0. The number of benzene rings is 1. The molecule has 7 nitrogen and oxygen atoms in total. The number of carbonyl (C=O) groups is 1. The molecule has 1 saturated heterocycles. The van der Waals surface area contributed by atoms with Gasteiger partial charge in [0.05, 0.1) is 11.4 Å². The smallest absolute Gasteiger partial charge is 0.236 e. The average Bonchev–Trinajstić information content (AvgIpc) is 3.18. The number of piperidine rings is 1. The summed E-state index contributed by atoms with van der Waals surface area (Å²) in [6.45, 7) is 4.04. The Morgan fingerprint density at radius 1 is 1.10 bits per heavy atom. The Morgan fingerprint density at radius 2 is 1.90 bits per heavy atom. The van der Waals surface area contributed by atoms with Gasteiger partial charge in [0.1, 0.15) is 10.8 Å². The maximum Gasteiger partial charge on any atom is 0.236 e. The van der Waals surface area contributed by atoms with Crippen LogP contribution >= 0.6 is 11.8 Å². The standard InChI is InChI=1S/C21H23N5O2S/c1-15-13-19(25-28-15)22-20(27)14-29-21-10-9-18(23-24-21)16-5-7-17(8-6-16)26-11-3-2-4-12-26/h5-10,13H,2-4,11-12,14H2,1H3,(H,22,25,27). The van der Waals surface area contributed by atoms with Gasteiger partial charge in [-0.3, -0.25) is 4.79 Å². The van der Waals surface area contributed by atoms with Gasteiger partial charge in [0.25, 0.3) is 0 Å². The number of thioether (sulfide) groups is 1. The van der Waals surface area contributed by atoms with Crippen molar-refractivity contribution in [3.8, 4) is 11.3 Å².